The molecular weight excluding hydrogens is 440 g/mol. The Morgan fingerprint density at radius 1 is 0.943 bits per heavy atom. The molecule has 0 saturated heterocycles. The summed E-state index contributed by atoms with van der Waals surface area (Å²) in [6.45, 7) is 14.8. The van der Waals surface area contributed by atoms with Crippen molar-refractivity contribution in [1.82, 2.24) is 0 Å². The topological polar surface area (TPSA) is 91.7 Å². The van der Waals surface area contributed by atoms with Crippen molar-refractivity contribution < 1.29 is 24.6 Å². The third kappa shape index (κ3) is 2.88. The number of carbonyl (C=O) groups is 3. The third-order valence-electron chi connectivity index (χ3n) is 12.9. The number of aliphatic hydroxyl groups excluding tert-OH is 1. The minimum Gasteiger partial charge on any atom is -0.481 e. The fourth-order valence-corrected chi connectivity index (χ4v) is 10.3. The molecule has 0 heterocycles. The summed E-state index contributed by atoms with van der Waals surface area (Å²) in [7, 11) is 0. The molecule has 0 radical (unpaired) electrons. The van der Waals surface area contributed by atoms with Crippen LogP contribution in [0, 0.1) is 50.2 Å². The highest BCUT2D eigenvalue weighted by atomic mass is 16.4. The number of carbonyl (C=O) groups excluding carboxylic acids is 2. The largest absolute Gasteiger partial charge is 0.481 e. The number of allylic oxidation sites excluding steroid dienone is 1. The van der Waals surface area contributed by atoms with Crippen molar-refractivity contribution in [3.63, 3.8) is 0 Å². The van der Waals surface area contributed by atoms with E-state index in [0.717, 1.165) is 31.3 Å². The Bertz CT molecular complexity index is 1040. The van der Waals surface area contributed by atoms with Crippen LogP contribution in [0.3, 0.4) is 0 Å². The number of aliphatic hydroxyl groups is 1. The first-order valence-electron chi connectivity index (χ1n) is 13.7. The second-order valence-electron chi connectivity index (χ2n) is 14.8. The third-order valence-corrected chi connectivity index (χ3v) is 12.9. The minimum absolute atomic E-state index is 0.0256. The van der Waals surface area contributed by atoms with Gasteiger partial charge in [-0.1, -0.05) is 47.1 Å². The van der Waals surface area contributed by atoms with Crippen LogP contribution in [0.5, 0.6) is 0 Å². The van der Waals surface area contributed by atoms with Gasteiger partial charge in [-0.2, -0.15) is 0 Å². The molecule has 35 heavy (non-hydrogen) atoms. The fraction of sp³-hybridized carbons (Fsp3) is 0.833. The monoisotopic (exact) mass is 484 g/mol. The van der Waals surface area contributed by atoms with E-state index in [4.69, 9.17) is 0 Å². The lowest BCUT2D eigenvalue weighted by atomic mass is 9.33. The highest BCUT2D eigenvalue weighted by Crippen LogP contribution is 2.74. The second kappa shape index (κ2) is 7.08. The average molecular weight is 485 g/mol. The molecule has 5 nitrogen and oxygen atoms in total. The van der Waals surface area contributed by atoms with Crippen LogP contribution >= 0.6 is 0 Å². The van der Waals surface area contributed by atoms with Crippen LogP contribution in [0.2, 0.25) is 0 Å². The number of Topliss-reactive ketones (excluding diaryl/α,β-unsaturated/α-hetero) is 1. The zero-order valence-corrected chi connectivity index (χ0v) is 22.7. The van der Waals surface area contributed by atoms with Gasteiger partial charge in [0.1, 0.15) is 5.78 Å². The summed E-state index contributed by atoms with van der Waals surface area (Å²) in [6.07, 6.45) is 6.67. The highest BCUT2D eigenvalue weighted by Gasteiger charge is 2.72. The van der Waals surface area contributed by atoms with Crippen molar-refractivity contribution in [1.29, 1.82) is 0 Å². The van der Waals surface area contributed by atoms with Gasteiger partial charge in [0.15, 0.2) is 5.78 Å². The number of ketones is 2. The molecule has 0 aromatic carbocycles. The molecule has 0 aliphatic heterocycles. The molecule has 194 valence electrons. The van der Waals surface area contributed by atoms with Gasteiger partial charge in [0.05, 0.1) is 11.5 Å². The number of aliphatic carboxylic acids is 1. The molecular formula is C30H44O5. The molecule has 0 bridgehead atoms. The van der Waals surface area contributed by atoms with E-state index in [2.05, 4.69) is 41.5 Å². The van der Waals surface area contributed by atoms with E-state index in [-0.39, 0.29) is 34.4 Å². The van der Waals surface area contributed by atoms with Gasteiger partial charge in [0, 0.05) is 23.2 Å². The predicted molar refractivity (Wildman–Crippen MR) is 133 cm³/mol. The number of hydrogen-bond donors (Lipinski definition) is 2. The Balaban J connectivity index is 1.66. The van der Waals surface area contributed by atoms with E-state index in [9.17, 15) is 24.6 Å². The van der Waals surface area contributed by atoms with Gasteiger partial charge in [-0.3, -0.25) is 14.4 Å². The van der Waals surface area contributed by atoms with Crippen molar-refractivity contribution in [3.05, 3.63) is 11.6 Å². The Morgan fingerprint density at radius 3 is 2.23 bits per heavy atom. The highest BCUT2D eigenvalue weighted by molar-refractivity contribution is 5.96. The van der Waals surface area contributed by atoms with Crippen LogP contribution in [0.4, 0.5) is 0 Å². The number of rotatable bonds is 1. The van der Waals surface area contributed by atoms with Crippen LogP contribution in [0.15, 0.2) is 11.6 Å². The molecule has 4 saturated carbocycles. The molecule has 5 heteroatoms. The Labute approximate surface area is 210 Å². The zero-order chi connectivity index (χ0) is 26.0. The van der Waals surface area contributed by atoms with Gasteiger partial charge in [0.2, 0.25) is 0 Å². The van der Waals surface area contributed by atoms with Crippen molar-refractivity contribution in [3.8, 4) is 0 Å². The van der Waals surface area contributed by atoms with Crippen molar-refractivity contribution in [2.24, 2.45) is 50.2 Å². The van der Waals surface area contributed by atoms with E-state index in [1.807, 2.05) is 13.0 Å². The fourth-order valence-electron chi connectivity index (χ4n) is 10.3. The molecule has 0 amide bonds. The second-order valence-corrected chi connectivity index (χ2v) is 14.8. The van der Waals surface area contributed by atoms with Crippen LogP contribution in [-0.4, -0.2) is 33.9 Å². The maximum Gasteiger partial charge on any atom is 0.309 e. The molecule has 5 rings (SSSR count). The van der Waals surface area contributed by atoms with Crippen LogP contribution in [0.1, 0.15) is 99.8 Å². The van der Waals surface area contributed by atoms with Crippen LogP contribution < -0.4 is 0 Å². The van der Waals surface area contributed by atoms with Gasteiger partial charge in [0.25, 0.3) is 0 Å². The Morgan fingerprint density at radius 2 is 1.60 bits per heavy atom. The molecule has 5 aliphatic carbocycles. The van der Waals surface area contributed by atoms with Gasteiger partial charge in [-0.05, 0) is 86.0 Å². The number of carboxylic acids is 1. The molecule has 4 fully saturated rings. The van der Waals surface area contributed by atoms with E-state index in [0.29, 0.717) is 31.5 Å². The SMILES string of the molecule is CC1(C)C(=O)CC[C@]2(C)[C@H]3C(=O)C=C4[C@@H]5C[C@@](C)(C(=O)O)CC[C@]5(C)C[C@H](O)[C@@]4(C)[C@]3(C)CC[C@@H]12. The van der Waals surface area contributed by atoms with Crippen LogP contribution in [-0.2, 0) is 14.4 Å². The van der Waals surface area contributed by atoms with Gasteiger partial charge in [-0.15, -0.1) is 0 Å². The zero-order valence-electron chi connectivity index (χ0n) is 22.7. The number of fused-ring (bicyclic) bond motifs is 7. The summed E-state index contributed by atoms with van der Waals surface area (Å²) >= 11 is 0. The van der Waals surface area contributed by atoms with Crippen molar-refractivity contribution in [2.75, 3.05) is 0 Å². The number of carboxylic acid groups (broad SMARTS) is 1. The molecule has 0 aromatic rings. The lowest BCUT2D eigenvalue weighted by Gasteiger charge is -2.70. The quantitative estimate of drug-likeness (QED) is 0.506. The summed E-state index contributed by atoms with van der Waals surface area (Å²) in [5.41, 5.74) is -1.79. The standard InChI is InChI=1S/C30H44O5/c1-25(2)20-8-11-29(6)23(28(20,5)10-9-21(25)32)19(31)14-17-18-15-27(4,24(34)35)13-12-26(18,3)16-22(33)30(17,29)7/h14,18,20,22-23,33H,8-13,15-16H2,1-7H3,(H,34,35)/t18-,20-,22-,23+,26+,27-,28-,29+,30-/m0/s1. The van der Waals surface area contributed by atoms with E-state index in [1.54, 1.807) is 0 Å². The first-order valence-corrected chi connectivity index (χ1v) is 13.7. The summed E-state index contributed by atoms with van der Waals surface area (Å²) in [4.78, 5) is 39.3. The molecule has 2 N–H and O–H groups in total. The summed E-state index contributed by atoms with van der Waals surface area (Å²) in [5, 5.41) is 21.9. The summed E-state index contributed by atoms with van der Waals surface area (Å²) < 4.78 is 0. The lowest BCUT2D eigenvalue weighted by Crippen LogP contribution is -2.69. The predicted octanol–water partition coefficient (Wildman–Crippen LogP) is 5.59. The molecule has 9 atom stereocenters. The van der Waals surface area contributed by atoms with E-state index >= 15 is 0 Å². The van der Waals surface area contributed by atoms with E-state index < -0.39 is 33.7 Å². The number of hydrogen-bond acceptors (Lipinski definition) is 4. The maximum absolute atomic E-state index is 14.2. The van der Waals surface area contributed by atoms with Gasteiger partial charge < -0.3 is 10.2 Å². The smallest absolute Gasteiger partial charge is 0.309 e. The Kier molecular flexibility index (Phi) is 5.09. The normalized spacial score (nSPS) is 53.0. The maximum atomic E-state index is 14.2. The van der Waals surface area contributed by atoms with Crippen LogP contribution in [0.25, 0.3) is 0 Å². The van der Waals surface area contributed by atoms with Crippen molar-refractivity contribution in [2.45, 2.75) is 106 Å². The van der Waals surface area contributed by atoms with Crippen molar-refractivity contribution >= 4 is 17.5 Å². The average Bonchev–Trinajstić information content (AvgIpc) is 2.74. The Hall–Kier alpha value is -1.49. The van der Waals surface area contributed by atoms with E-state index in [1.165, 1.54) is 0 Å². The lowest BCUT2D eigenvalue weighted by molar-refractivity contribution is -0.207. The molecule has 0 unspecified atom stereocenters. The first kappa shape index (κ1) is 25.2. The molecule has 5 aliphatic rings. The molecule has 0 aromatic heterocycles. The van der Waals surface area contributed by atoms with Gasteiger partial charge in [-0.25, -0.2) is 0 Å². The first-order chi connectivity index (χ1) is 16.0. The minimum atomic E-state index is -0.813. The molecule has 0 spiro atoms. The van der Waals surface area contributed by atoms with Gasteiger partial charge >= 0.3 is 5.97 Å². The summed E-state index contributed by atoms with van der Waals surface area (Å²) in [5.74, 6) is -0.450. The summed E-state index contributed by atoms with van der Waals surface area (Å²) in [6, 6.07) is 0.